The molecule has 0 amide bonds. The first-order chi connectivity index (χ1) is 6.24. The van der Waals surface area contributed by atoms with Gasteiger partial charge in [0.1, 0.15) is 18.5 Å². The highest BCUT2D eigenvalue weighted by molar-refractivity contribution is 5.58. The van der Waals surface area contributed by atoms with Crippen LogP contribution in [0.15, 0.2) is 5.11 Å². The highest BCUT2D eigenvalue weighted by Crippen LogP contribution is 2.22. The van der Waals surface area contributed by atoms with Crippen LogP contribution in [0.25, 0.3) is 10.4 Å². The second-order valence-corrected chi connectivity index (χ2v) is 2.64. The molecule has 13 heavy (non-hydrogen) atoms. The van der Waals surface area contributed by atoms with E-state index in [2.05, 4.69) is 10.0 Å². The number of aliphatic hydroxyl groups excluding tert-OH is 2. The number of carbonyl (C=O) groups excluding carboxylic acids is 1. The Labute approximate surface area is 73.6 Å². The van der Waals surface area contributed by atoms with E-state index in [1.165, 1.54) is 0 Å². The molecule has 1 fully saturated rings. The number of rotatable bonds is 3. The maximum Gasteiger partial charge on any atom is 0.149 e. The van der Waals surface area contributed by atoms with Crippen LogP contribution in [0.4, 0.5) is 0 Å². The molecule has 72 valence electrons. The molecule has 0 unspecified atom stereocenters. The van der Waals surface area contributed by atoms with Crippen LogP contribution in [0.5, 0.6) is 0 Å². The van der Waals surface area contributed by atoms with Crippen LogP contribution < -0.4 is 0 Å². The Kier molecular flexibility index (Phi) is 3.21. The zero-order valence-electron chi connectivity index (χ0n) is 6.65. The molecule has 1 aliphatic heterocycles. The highest BCUT2D eigenvalue weighted by Gasteiger charge is 2.42. The van der Waals surface area contributed by atoms with E-state index in [0.717, 1.165) is 0 Å². The summed E-state index contributed by atoms with van der Waals surface area (Å²) in [6, 6.07) is -0.945. The standard InChI is InChI=1S/C6H9N3O4/c7-9-8-5-3(1-10)13-4(2-11)6(5)12/h1,3-6,11-12H,2H2/t3-,4-,5+,6-/m1/s1. The van der Waals surface area contributed by atoms with E-state index >= 15 is 0 Å². The van der Waals surface area contributed by atoms with Gasteiger partial charge in [0.05, 0.1) is 18.8 Å². The van der Waals surface area contributed by atoms with Crippen LogP contribution >= 0.6 is 0 Å². The lowest BCUT2D eigenvalue weighted by atomic mass is 10.1. The maximum atomic E-state index is 10.4. The van der Waals surface area contributed by atoms with Gasteiger partial charge in [0.25, 0.3) is 0 Å². The summed E-state index contributed by atoms with van der Waals surface area (Å²) in [5, 5.41) is 21.3. The molecule has 0 aliphatic carbocycles. The van der Waals surface area contributed by atoms with Crippen molar-refractivity contribution in [2.75, 3.05) is 6.61 Å². The number of aliphatic hydroxyl groups is 2. The van der Waals surface area contributed by atoms with E-state index in [4.69, 9.17) is 15.4 Å². The molecular weight excluding hydrogens is 178 g/mol. The topological polar surface area (TPSA) is 116 Å². The Morgan fingerprint density at radius 2 is 2.38 bits per heavy atom. The molecule has 0 bridgehead atoms. The van der Waals surface area contributed by atoms with Crippen molar-refractivity contribution in [1.29, 1.82) is 0 Å². The molecule has 0 aromatic heterocycles. The van der Waals surface area contributed by atoms with Crippen molar-refractivity contribution in [2.45, 2.75) is 24.4 Å². The van der Waals surface area contributed by atoms with E-state index in [9.17, 15) is 9.90 Å². The minimum atomic E-state index is -1.13. The summed E-state index contributed by atoms with van der Waals surface area (Å²) in [5.74, 6) is 0. The normalized spacial score (nSPS) is 38.3. The monoisotopic (exact) mass is 187 g/mol. The molecule has 0 radical (unpaired) electrons. The molecule has 0 saturated carbocycles. The van der Waals surface area contributed by atoms with Gasteiger partial charge in [-0.2, -0.15) is 0 Å². The third kappa shape index (κ3) is 1.78. The van der Waals surface area contributed by atoms with Gasteiger partial charge < -0.3 is 19.7 Å². The van der Waals surface area contributed by atoms with E-state index < -0.39 is 31.0 Å². The molecule has 0 aromatic carbocycles. The van der Waals surface area contributed by atoms with Crippen molar-refractivity contribution in [3.63, 3.8) is 0 Å². The zero-order chi connectivity index (χ0) is 9.84. The zero-order valence-corrected chi connectivity index (χ0v) is 6.65. The molecule has 1 heterocycles. The van der Waals surface area contributed by atoms with Crippen LogP contribution in [-0.2, 0) is 9.53 Å². The predicted molar refractivity (Wildman–Crippen MR) is 40.8 cm³/mol. The summed E-state index contributed by atoms with van der Waals surface area (Å²) in [4.78, 5) is 12.9. The second kappa shape index (κ2) is 4.20. The smallest absolute Gasteiger partial charge is 0.149 e. The average molecular weight is 187 g/mol. The Balaban J connectivity index is 2.78. The Morgan fingerprint density at radius 1 is 1.69 bits per heavy atom. The third-order valence-electron chi connectivity index (χ3n) is 1.90. The summed E-state index contributed by atoms with van der Waals surface area (Å²) in [6.45, 7) is -0.414. The van der Waals surface area contributed by atoms with Gasteiger partial charge in [-0.25, -0.2) is 0 Å². The van der Waals surface area contributed by atoms with Gasteiger partial charge in [0.2, 0.25) is 0 Å². The van der Waals surface area contributed by atoms with E-state index in [1.54, 1.807) is 0 Å². The van der Waals surface area contributed by atoms with Crippen molar-refractivity contribution in [2.24, 2.45) is 5.11 Å². The van der Waals surface area contributed by atoms with Crippen LogP contribution in [-0.4, -0.2) is 47.5 Å². The van der Waals surface area contributed by atoms with E-state index in [0.29, 0.717) is 6.29 Å². The largest absolute Gasteiger partial charge is 0.394 e. The number of aldehydes is 1. The Morgan fingerprint density at radius 3 is 2.85 bits per heavy atom. The lowest BCUT2D eigenvalue weighted by Crippen LogP contribution is -2.32. The van der Waals surface area contributed by atoms with Crippen LogP contribution in [0.1, 0.15) is 0 Å². The van der Waals surface area contributed by atoms with Crippen molar-refractivity contribution in [3.8, 4) is 0 Å². The van der Waals surface area contributed by atoms with E-state index in [-0.39, 0.29) is 0 Å². The lowest BCUT2D eigenvalue weighted by molar-refractivity contribution is -0.118. The third-order valence-corrected chi connectivity index (χ3v) is 1.90. The first-order valence-corrected chi connectivity index (χ1v) is 3.68. The van der Waals surface area contributed by atoms with Gasteiger partial charge in [0, 0.05) is 4.91 Å². The molecule has 4 atom stereocenters. The molecule has 1 saturated heterocycles. The predicted octanol–water partition coefficient (Wildman–Crippen LogP) is -1.02. The molecule has 2 N–H and O–H groups in total. The number of carbonyl (C=O) groups is 1. The summed E-state index contributed by atoms with van der Waals surface area (Å²) < 4.78 is 4.90. The summed E-state index contributed by atoms with van der Waals surface area (Å²) in [6.07, 6.45) is -2.51. The summed E-state index contributed by atoms with van der Waals surface area (Å²) >= 11 is 0. The molecule has 1 aliphatic rings. The van der Waals surface area contributed by atoms with Crippen molar-refractivity contribution in [1.82, 2.24) is 0 Å². The second-order valence-electron chi connectivity index (χ2n) is 2.64. The fraction of sp³-hybridized carbons (Fsp3) is 0.833. The average Bonchev–Trinajstić information content (AvgIpc) is 2.45. The fourth-order valence-corrected chi connectivity index (χ4v) is 1.23. The van der Waals surface area contributed by atoms with Crippen molar-refractivity contribution >= 4 is 6.29 Å². The Hall–Kier alpha value is -1.14. The van der Waals surface area contributed by atoms with Gasteiger partial charge in [-0.1, -0.05) is 5.11 Å². The van der Waals surface area contributed by atoms with Gasteiger partial charge in [-0.05, 0) is 5.53 Å². The molecule has 0 aromatic rings. The van der Waals surface area contributed by atoms with Gasteiger partial charge >= 0.3 is 0 Å². The number of hydrogen-bond donors (Lipinski definition) is 2. The first-order valence-electron chi connectivity index (χ1n) is 3.68. The fourth-order valence-electron chi connectivity index (χ4n) is 1.23. The number of hydrogen-bond acceptors (Lipinski definition) is 5. The Bertz CT molecular complexity index is 240. The minimum absolute atomic E-state index is 0.414. The van der Waals surface area contributed by atoms with E-state index in [1.807, 2.05) is 0 Å². The van der Waals surface area contributed by atoms with Crippen LogP contribution in [0.2, 0.25) is 0 Å². The minimum Gasteiger partial charge on any atom is -0.394 e. The summed E-state index contributed by atoms with van der Waals surface area (Å²) in [7, 11) is 0. The van der Waals surface area contributed by atoms with Gasteiger partial charge in [0.15, 0.2) is 0 Å². The quantitative estimate of drug-likeness (QED) is 0.254. The SMILES string of the molecule is [N-]=[N+]=N[C@@H]1[C@H](O)[C@@H](CO)O[C@@H]1C=O. The molecule has 1 rings (SSSR count). The number of ether oxygens (including phenoxy) is 1. The summed E-state index contributed by atoms with van der Waals surface area (Å²) in [5.41, 5.74) is 8.13. The molecule has 7 nitrogen and oxygen atoms in total. The first kappa shape index (κ1) is 9.94. The molecule has 7 heteroatoms. The van der Waals surface area contributed by atoms with Crippen LogP contribution in [0.3, 0.4) is 0 Å². The van der Waals surface area contributed by atoms with Gasteiger partial charge in [-0.15, -0.1) is 0 Å². The van der Waals surface area contributed by atoms with Crippen molar-refractivity contribution < 1.29 is 19.7 Å². The number of azide groups is 1. The van der Waals surface area contributed by atoms with Crippen LogP contribution in [0, 0.1) is 0 Å². The molecular formula is C6H9N3O4. The van der Waals surface area contributed by atoms with Gasteiger partial charge in [-0.3, -0.25) is 0 Å². The number of nitrogens with zero attached hydrogens (tertiary/aromatic N) is 3. The highest BCUT2D eigenvalue weighted by atomic mass is 16.5. The molecule has 0 spiro atoms. The van der Waals surface area contributed by atoms with Crippen molar-refractivity contribution in [3.05, 3.63) is 10.4 Å². The maximum absolute atomic E-state index is 10.4. The lowest BCUT2D eigenvalue weighted by Gasteiger charge is -2.10.